The van der Waals surface area contributed by atoms with Crippen molar-refractivity contribution >= 4 is 17.3 Å². The fourth-order valence-electron chi connectivity index (χ4n) is 2.97. The zero-order valence-corrected chi connectivity index (χ0v) is 15.1. The van der Waals surface area contributed by atoms with Crippen molar-refractivity contribution in [2.24, 2.45) is 0 Å². The molecule has 0 saturated carbocycles. The third-order valence-corrected chi connectivity index (χ3v) is 4.37. The van der Waals surface area contributed by atoms with Gasteiger partial charge in [-0.1, -0.05) is 19.9 Å². The number of rotatable bonds is 3. The number of nitro groups is 1. The Morgan fingerprint density at radius 2 is 1.60 bits per heavy atom. The molecule has 0 unspecified atom stereocenters. The SMILES string of the molecule is CC.CN1CCN(C2=CCCN(c3ccc([N+](=O)[O-])cc3)C2=O)CC1. The highest BCUT2D eigenvalue weighted by Gasteiger charge is 2.28. The molecule has 0 N–H and O–H groups in total. The third kappa shape index (κ3) is 4.36. The molecule has 2 heterocycles. The summed E-state index contributed by atoms with van der Waals surface area (Å²) in [6, 6.07) is 6.17. The van der Waals surface area contributed by atoms with Crippen molar-refractivity contribution in [3.63, 3.8) is 0 Å². The molecule has 136 valence electrons. The summed E-state index contributed by atoms with van der Waals surface area (Å²) in [5.74, 6) is -0.0188. The van der Waals surface area contributed by atoms with Gasteiger partial charge in [-0.25, -0.2) is 0 Å². The second-order valence-corrected chi connectivity index (χ2v) is 5.90. The number of amides is 1. The molecule has 3 rings (SSSR count). The van der Waals surface area contributed by atoms with Crippen LogP contribution < -0.4 is 4.90 Å². The molecule has 2 aliphatic heterocycles. The van der Waals surface area contributed by atoms with Gasteiger partial charge in [0.2, 0.25) is 0 Å². The van der Waals surface area contributed by atoms with Crippen molar-refractivity contribution in [2.45, 2.75) is 20.3 Å². The van der Waals surface area contributed by atoms with Gasteiger partial charge in [-0.15, -0.1) is 0 Å². The van der Waals surface area contributed by atoms with E-state index in [4.69, 9.17) is 0 Å². The molecule has 1 amide bonds. The van der Waals surface area contributed by atoms with Gasteiger partial charge in [0, 0.05) is 50.5 Å². The van der Waals surface area contributed by atoms with Gasteiger partial charge in [0.25, 0.3) is 11.6 Å². The highest BCUT2D eigenvalue weighted by molar-refractivity contribution is 6.06. The van der Waals surface area contributed by atoms with Gasteiger partial charge in [-0.2, -0.15) is 0 Å². The molecule has 1 fully saturated rings. The van der Waals surface area contributed by atoms with E-state index in [0.717, 1.165) is 38.3 Å². The standard InChI is InChI=1S/C16H20N4O3.C2H6/c1-17-9-11-18(12-10-17)15-3-2-8-19(16(15)21)13-4-6-14(7-5-13)20(22)23;1-2/h3-7H,2,8-12H2,1H3;1-2H3. The summed E-state index contributed by atoms with van der Waals surface area (Å²) in [5.41, 5.74) is 1.50. The Labute approximate surface area is 148 Å². The van der Waals surface area contributed by atoms with Crippen molar-refractivity contribution in [3.8, 4) is 0 Å². The van der Waals surface area contributed by atoms with Gasteiger partial charge >= 0.3 is 0 Å². The van der Waals surface area contributed by atoms with Gasteiger partial charge in [-0.05, 0) is 25.6 Å². The molecule has 0 spiro atoms. The quantitative estimate of drug-likeness (QED) is 0.621. The second kappa shape index (κ2) is 8.62. The summed E-state index contributed by atoms with van der Waals surface area (Å²) in [5, 5.41) is 10.7. The zero-order chi connectivity index (χ0) is 18.4. The molecule has 25 heavy (non-hydrogen) atoms. The average molecular weight is 346 g/mol. The van der Waals surface area contributed by atoms with E-state index in [0.29, 0.717) is 12.2 Å². The van der Waals surface area contributed by atoms with Crippen LogP contribution in [0.25, 0.3) is 0 Å². The maximum Gasteiger partial charge on any atom is 0.274 e. The first kappa shape index (κ1) is 18.9. The van der Waals surface area contributed by atoms with E-state index >= 15 is 0 Å². The van der Waals surface area contributed by atoms with Gasteiger partial charge < -0.3 is 14.7 Å². The monoisotopic (exact) mass is 346 g/mol. The number of carbonyl (C=O) groups is 1. The predicted molar refractivity (Wildman–Crippen MR) is 98.6 cm³/mol. The number of nitro benzene ring substituents is 1. The Morgan fingerprint density at radius 3 is 2.16 bits per heavy atom. The van der Waals surface area contributed by atoms with Crippen LogP contribution in [0.3, 0.4) is 0 Å². The molecule has 1 aromatic rings. The Bertz CT molecular complexity index is 634. The van der Waals surface area contributed by atoms with Crippen molar-refractivity contribution in [1.29, 1.82) is 0 Å². The van der Waals surface area contributed by atoms with Crippen molar-refractivity contribution in [3.05, 3.63) is 46.2 Å². The van der Waals surface area contributed by atoms with Gasteiger partial charge in [-0.3, -0.25) is 14.9 Å². The second-order valence-electron chi connectivity index (χ2n) is 5.90. The largest absolute Gasteiger partial charge is 0.365 e. The molecule has 0 aliphatic carbocycles. The van der Waals surface area contributed by atoms with Crippen LogP contribution in [0, 0.1) is 10.1 Å². The Hall–Kier alpha value is -2.41. The lowest BCUT2D eigenvalue weighted by atomic mass is 10.1. The number of benzene rings is 1. The lowest BCUT2D eigenvalue weighted by Gasteiger charge is -2.38. The number of likely N-dealkylation sites (N-methyl/N-ethyl adjacent to an activating group) is 1. The Morgan fingerprint density at radius 1 is 1.00 bits per heavy atom. The lowest BCUT2D eigenvalue weighted by molar-refractivity contribution is -0.384. The van der Waals surface area contributed by atoms with E-state index in [2.05, 4.69) is 16.8 Å². The zero-order valence-electron chi connectivity index (χ0n) is 15.1. The molecular formula is C18H26N4O3. The maximum absolute atomic E-state index is 12.8. The minimum absolute atomic E-state index is 0.0188. The van der Waals surface area contributed by atoms with E-state index in [9.17, 15) is 14.9 Å². The van der Waals surface area contributed by atoms with Crippen LogP contribution in [0.15, 0.2) is 36.0 Å². The number of non-ortho nitro benzene ring substituents is 1. The normalized spacial score (nSPS) is 18.4. The molecular weight excluding hydrogens is 320 g/mol. The average Bonchev–Trinajstić information content (AvgIpc) is 2.64. The summed E-state index contributed by atoms with van der Waals surface area (Å²) >= 11 is 0. The van der Waals surface area contributed by atoms with Gasteiger partial charge in [0.05, 0.1) is 10.6 Å². The minimum Gasteiger partial charge on any atom is -0.365 e. The number of hydrogen-bond donors (Lipinski definition) is 0. The number of nitrogens with zero attached hydrogens (tertiary/aromatic N) is 4. The predicted octanol–water partition coefficient (Wildman–Crippen LogP) is 2.49. The van der Waals surface area contributed by atoms with Crippen LogP contribution in [0.4, 0.5) is 11.4 Å². The molecule has 1 saturated heterocycles. The van der Waals surface area contributed by atoms with Crippen molar-refractivity contribution < 1.29 is 9.72 Å². The first-order valence-electron chi connectivity index (χ1n) is 8.76. The number of hydrogen-bond acceptors (Lipinski definition) is 5. The Balaban J connectivity index is 0.00000109. The minimum atomic E-state index is -0.433. The smallest absolute Gasteiger partial charge is 0.274 e. The topological polar surface area (TPSA) is 69.9 Å². The summed E-state index contributed by atoms with van der Waals surface area (Å²) in [6.45, 7) is 8.20. The van der Waals surface area contributed by atoms with Crippen molar-refractivity contribution in [1.82, 2.24) is 9.80 Å². The van der Waals surface area contributed by atoms with E-state index in [1.807, 2.05) is 19.9 Å². The molecule has 7 heteroatoms. The number of anilines is 1. The summed E-state index contributed by atoms with van der Waals surface area (Å²) in [4.78, 5) is 29.2. The highest BCUT2D eigenvalue weighted by atomic mass is 16.6. The highest BCUT2D eigenvalue weighted by Crippen LogP contribution is 2.25. The van der Waals surface area contributed by atoms with Crippen LogP contribution in [-0.2, 0) is 4.79 Å². The lowest BCUT2D eigenvalue weighted by Crippen LogP contribution is -2.49. The summed E-state index contributed by atoms with van der Waals surface area (Å²) in [6.07, 6.45) is 2.81. The molecule has 0 radical (unpaired) electrons. The summed E-state index contributed by atoms with van der Waals surface area (Å²) in [7, 11) is 2.08. The molecule has 0 bridgehead atoms. The molecule has 0 atom stereocenters. The molecule has 0 aromatic heterocycles. The fourth-order valence-corrected chi connectivity index (χ4v) is 2.97. The first-order chi connectivity index (χ1) is 12.1. The van der Waals surface area contributed by atoms with Crippen molar-refractivity contribution in [2.75, 3.05) is 44.7 Å². The summed E-state index contributed by atoms with van der Waals surface area (Å²) < 4.78 is 0. The van der Waals surface area contributed by atoms with Gasteiger partial charge in [0.1, 0.15) is 0 Å². The van der Waals surface area contributed by atoms with E-state index in [1.165, 1.54) is 12.1 Å². The van der Waals surface area contributed by atoms with Crippen LogP contribution >= 0.6 is 0 Å². The molecule has 2 aliphatic rings. The molecule has 1 aromatic carbocycles. The van der Waals surface area contributed by atoms with Crippen LogP contribution in [0.2, 0.25) is 0 Å². The fraction of sp³-hybridized carbons (Fsp3) is 0.500. The first-order valence-corrected chi connectivity index (χ1v) is 8.76. The number of piperazine rings is 1. The van der Waals surface area contributed by atoms with E-state index < -0.39 is 4.92 Å². The molecule has 7 nitrogen and oxygen atoms in total. The van der Waals surface area contributed by atoms with Gasteiger partial charge in [0.15, 0.2) is 0 Å². The maximum atomic E-state index is 12.8. The third-order valence-electron chi connectivity index (χ3n) is 4.37. The van der Waals surface area contributed by atoms with Crippen LogP contribution in [-0.4, -0.2) is 60.4 Å². The van der Waals surface area contributed by atoms with E-state index in [-0.39, 0.29) is 11.6 Å². The van der Waals surface area contributed by atoms with Crippen LogP contribution in [0.1, 0.15) is 20.3 Å². The Kier molecular flexibility index (Phi) is 6.52. The van der Waals surface area contributed by atoms with E-state index in [1.54, 1.807) is 17.0 Å². The van der Waals surface area contributed by atoms with Crippen LogP contribution in [0.5, 0.6) is 0 Å². The number of carbonyl (C=O) groups excluding carboxylic acids is 1.